The number of amides is 2. The van der Waals surface area contributed by atoms with Gasteiger partial charge in [0.05, 0.1) is 6.42 Å². The second-order valence-corrected chi connectivity index (χ2v) is 6.21. The van der Waals surface area contributed by atoms with E-state index in [0.29, 0.717) is 24.4 Å². The Morgan fingerprint density at radius 1 is 1.11 bits per heavy atom. The number of aliphatic carboxylic acids is 1. The third-order valence-electron chi connectivity index (χ3n) is 4.80. The van der Waals surface area contributed by atoms with Crippen LogP contribution in [-0.2, 0) is 4.79 Å². The van der Waals surface area contributed by atoms with Crippen LogP contribution in [0.2, 0.25) is 0 Å². The molecule has 0 aromatic carbocycles. The number of carbonyl (C=O) groups is 2. The molecule has 2 amide bonds. The van der Waals surface area contributed by atoms with E-state index in [1.54, 1.807) is 4.90 Å². The third kappa shape index (κ3) is 2.69. The number of carbonyl (C=O) groups excluding carboxylic acids is 1. The van der Waals surface area contributed by atoms with Crippen molar-refractivity contribution in [2.45, 2.75) is 44.6 Å². The molecule has 0 spiro atoms. The smallest absolute Gasteiger partial charge is 0.320 e. The number of fused-ring (bicyclic) bond motifs is 1. The molecule has 1 aliphatic heterocycles. The van der Waals surface area contributed by atoms with E-state index in [4.69, 9.17) is 5.11 Å². The Morgan fingerprint density at radius 2 is 1.74 bits per heavy atom. The number of urea groups is 1. The van der Waals surface area contributed by atoms with Gasteiger partial charge in [-0.25, -0.2) is 4.79 Å². The van der Waals surface area contributed by atoms with Crippen molar-refractivity contribution in [2.75, 3.05) is 19.6 Å². The minimum atomic E-state index is -0.822. The zero-order valence-electron chi connectivity index (χ0n) is 11.3. The molecule has 3 rings (SSSR count). The van der Waals surface area contributed by atoms with Crippen molar-refractivity contribution in [3.63, 3.8) is 0 Å². The first-order valence-corrected chi connectivity index (χ1v) is 7.42. The van der Waals surface area contributed by atoms with Gasteiger partial charge in [-0.2, -0.15) is 0 Å². The molecule has 0 radical (unpaired) electrons. The van der Waals surface area contributed by atoms with Crippen molar-refractivity contribution in [3.8, 4) is 0 Å². The van der Waals surface area contributed by atoms with E-state index in [1.165, 1.54) is 19.3 Å². The van der Waals surface area contributed by atoms with Gasteiger partial charge in [0, 0.05) is 25.7 Å². The quantitative estimate of drug-likeness (QED) is 0.843. The zero-order valence-corrected chi connectivity index (χ0v) is 11.3. The lowest BCUT2D eigenvalue weighted by Crippen LogP contribution is -2.44. The highest BCUT2D eigenvalue weighted by atomic mass is 16.4. The van der Waals surface area contributed by atoms with Gasteiger partial charge >= 0.3 is 12.0 Å². The fourth-order valence-electron chi connectivity index (χ4n) is 3.61. The van der Waals surface area contributed by atoms with Crippen molar-refractivity contribution in [3.05, 3.63) is 0 Å². The topological polar surface area (TPSA) is 60.9 Å². The molecule has 5 nitrogen and oxygen atoms in total. The summed E-state index contributed by atoms with van der Waals surface area (Å²) in [5, 5.41) is 8.79. The standard InChI is InChI=1S/C14H22N2O3/c17-13(18)6-7-16(12-4-5-12)14(19)15-8-10-2-1-3-11(10)9-15/h10-12H,1-9H2,(H,17,18). The fraction of sp³-hybridized carbons (Fsp3) is 0.857. The van der Waals surface area contributed by atoms with Crippen LogP contribution in [0.5, 0.6) is 0 Å². The normalized spacial score (nSPS) is 29.4. The third-order valence-corrected chi connectivity index (χ3v) is 4.80. The molecule has 2 saturated carbocycles. The predicted molar refractivity (Wildman–Crippen MR) is 69.8 cm³/mol. The molecule has 1 saturated heterocycles. The number of nitrogens with zero attached hydrogens (tertiary/aromatic N) is 2. The van der Waals surface area contributed by atoms with Gasteiger partial charge in [0.1, 0.15) is 0 Å². The van der Waals surface area contributed by atoms with Crippen molar-refractivity contribution in [2.24, 2.45) is 11.8 Å². The summed E-state index contributed by atoms with van der Waals surface area (Å²) in [6, 6.07) is 0.380. The maximum absolute atomic E-state index is 12.5. The Morgan fingerprint density at radius 3 is 2.26 bits per heavy atom. The summed E-state index contributed by atoms with van der Waals surface area (Å²) in [6.07, 6.45) is 5.95. The summed E-state index contributed by atoms with van der Waals surface area (Å²) >= 11 is 0. The van der Waals surface area contributed by atoms with Crippen LogP contribution in [0, 0.1) is 11.8 Å². The lowest BCUT2D eigenvalue weighted by atomic mass is 10.0. The highest BCUT2D eigenvalue weighted by Crippen LogP contribution is 2.38. The van der Waals surface area contributed by atoms with Crippen molar-refractivity contribution in [1.29, 1.82) is 0 Å². The van der Waals surface area contributed by atoms with Gasteiger partial charge in [-0.1, -0.05) is 6.42 Å². The molecular formula is C14H22N2O3. The molecule has 0 aromatic heterocycles. The Labute approximate surface area is 113 Å². The number of hydrogen-bond donors (Lipinski definition) is 1. The average Bonchev–Trinajstić information content (AvgIpc) is 2.96. The maximum atomic E-state index is 12.5. The van der Waals surface area contributed by atoms with E-state index in [2.05, 4.69) is 0 Å². The van der Waals surface area contributed by atoms with Crippen LogP contribution >= 0.6 is 0 Å². The zero-order chi connectivity index (χ0) is 13.4. The minimum Gasteiger partial charge on any atom is -0.481 e. The van der Waals surface area contributed by atoms with E-state index in [-0.39, 0.29) is 12.5 Å². The molecule has 3 fully saturated rings. The Balaban J connectivity index is 1.59. The van der Waals surface area contributed by atoms with Crippen LogP contribution in [-0.4, -0.2) is 52.6 Å². The molecular weight excluding hydrogens is 244 g/mol. The first-order valence-electron chi connectivity index (χ1n) is 7.42. The van der Waals surface area contributed by atoms with E-state index >= 15 is 0 Å². The van der Waals surface area contributed by atoms with E-state index < -0.39 is 5.97 Å². The monoisotopic (exact) mass is 266 g/mol. The fourth-order valence-corrected chi connectivity index (χ4v) is 3.61. The lowest BCUT2D eigenvalue weighted by molar-refractivity contribution is -0.137. The first-order chi connectivity index (χ1) is 9.15. The second kappa shape index (κ2) is 5.02. The predicted octanol–water partition coefficient (Wildman–Crippen LogP) is 1.78. The molecule has 1 heterocycles. The molecule has 0 bridgehead atoms. The molecule has 19 heavy (non-hydrogen) atoms. The van der Waals surface area contributed by atoms with Crippen LogP contribution < -0.4 is 0 Å². The van der Waals surface area contributed by atoms with Gasteiger partial charge in [-0.3, -0.25) is 4.79 Å². The Hall–Kier alpha value is -1.26. The van der Waals surface area contributed by atoms with Gasteiger partial charge in [0.2, 0.25) is 0 Å². The van der Waals surface area contributed by atoms with Gasteiger partial charge in [0.15, 0.2) is 0 Å². The summed E-state index contributed by atoms with van der Waals surface area (Å²) in [5.41, 5.74) is 0. The van der Waals surface area contributed by atoms with Crippen LogP contribution in [0.15, 0.2) is 0 Å². The van der Waals surface area contributed by atoms with Crippen LogP contribution in [0.25, 0.3) is 0 Å². The van der Waals surface area contributed by atoms with Crippen LogP contribution in [0.4, 0.5) is 4.79 Å². The molecule has 2 unspecified atom stereocenters. The summed E-state index contributed by atoms with van der Waals surface area (Å²) in [4.78, 5) is 27.0. The Kier molecular flexibility index (Phi) is 3.37. The van der Waals surface area contributed by atoms with Gasteiger partial charge in [-0.05, 0) is 37.5 Å². The summed E-state index contributed by atoms with van der Waals surface area (Å²) in [7, 11) is 0. The highest BCUT2D eigenvalue weighted by Gasteiger charge is 2.42. The van der Waals surface area contributed by atoms with E-state index in [0.717, 1.165) is 25.9 Å². The molecule has 106 valence electrons. The Bertz CT molecular complexity index is 369. The van der Waals surface area contributed by atoms with E-state index in [1.807, 2.05) is 4.90 Å². The van der Waals surface area contributed by atoms with Crippen molar-refractivity contribution in [1.82, 2.24) is 9.80 Å². The average molecular weight is 266 g/mol. The molecule has 2 atom stereocenters. The number of carboxylic acids is 1. The largest absolute Gasteiger partial charge is 0.481 e. The molecule has 2 aliphatic carbocycles. The summed E-state index contributed by atoms with van der Waals surface area (Å²) < 4.78 is 0. The number of hydrogen-bond acceptors (Lipinski definition) is 2. The lowest BCUT2D eigenvalue weighted by Gasteiger charge is -2.28. The van der Waals surface area contributed by atoms with Gasteiger partial charge in [-0.15, -0.1) is 0 Å². The SMILES string of the molecule is O=C(O)CCN(C(=O)N1CC2CCCC2C1)C1CC1. The van der Waals surface area contributed by atoms with E-state index in [9.17, 15) is 9.59 Å². The van der Waals surface area contributed by atoms with Gasteiger partial charge < -0.3 is 14.9 Å². The highest BCUT2D eigenvalue weighted by molar-refractivity contribution is 5.76. The van der Waals surface area contributed by atoms with Crippen LogP contribution in [0.1, 0.15) is 38.5 Å². The van der Waals surface area contributed by atoms with Crippen molar-refractivity contribution >= 4 is 12.0 Å². The second-order valence-electron chi connectivity index (χ2n) is 6.21. The molecule has 0 aromatic rings. The summed E-state index contributed by atoms with van der Waals surface area (Å²) in [6.45, 7) is 2.14. The molecule has 3 aliphatic rings. The van der Waals surface area contributed by atoms with Crippen molar-refractivity contribution < 1.29 is 14.7 Å². The molecule has 1 N–H and O–H groups in total. The minimum absolute atomic E-state index is 0.0585. The number of rotatable bonds is 4. The van der Waals surface area contributed by atoms with Gasteiger partial charge in [0.25, 0.3) is 0 Å². The number of likely N-dealkylation sites (tertiary alicyclic amines) is 1. The number of carboxylic acid groups (broad SMARTS) is 1. The maximum Gasteiger partial charge on any atom is 0.320 e. The first kappa shape index (κ1) is 12.8. The van der Waals surface area contributed by atoms with Crippen LogP contribution in [0.3, 0.4) is 0 Å². The summed E-state index contributed by atoms with van der Waals surface area (Å²) in [5.74, 6) is 0.575. The molecule has 5 heteroatoms.